The molecule has 0 bridgehead atoms. The van der Waals surface area contributed by atoms with Gasteiger partial charge in [-0.2, -0.15) is 0 Å². The van der Waals surface area contributed by atoms with Gasteiger partial charge in [0.1, 0.15) is 6.33 Å². The Labute approximate surface area is 129 Å². The van der Waals surface area contributed by atoms with Gasteiger partial charge in [0.25, 0.3) is 5.91 Å². The molecule has 1 amide bonds. The minimum atomic E-state index is -0.108. The summed E-state index contributed by atoms with van der Waals surface area (Å²) >= 11 is 0. The SMILES string of the molecule is CCCCOCCCNC(=O)c1cccc(-n2cnnn2)c1. The van der Waals surface area contributed by atoms with Crippen LogP contribution >= 0.6 is 0 Å². The minimum absolute atomic E-state index is 0.108. The maximum Gasteiger partial charge on any atom is 0.251 e. The molecule has 2 aromatic rings. The van der Waals surface area contributed by atoms with Crippen LogP contribution in [0.15, 0.2) is 30.6 Å². The second-order valence-electron chi connectivity index (χ2n) is 4.88. The molecule has 0 unspecified atom stereocenters. The van der Waals surface area contributed by atoms with Crippen molar-refractivity contribution in [3.8, 4) is 5.69 Å². The number of benzene rings is 1. The monoisotopic (exact) mass is 303 g/mol. The van der Waals surface area contributed by atoms with Gasteiger partial charge in [-0.3, -0.25) is 4.79 Å². The van der Waals surface area contributed by atoms with E-state index in [4.69, 9.17) is 4.74 Å². The smallest absolute Gasteiger partial charge is 0.251 e. The van der Waals surface area contributed by atoms with Crippen LogP contribution in [0.5, 0.6) is 0 Å². The zero-order chi connectivity index (χ0) is 15.6. The van der Waals surface area contributed by atoms with Gasteiger partial charge < -0.3 is 10.1 Å². The molecule has 0 aliphatic rings. The van der Waals surface area contributed by atoms with Gasteiger partial charge in [-0.1, -0.05) is 19.4 Å². The molecule has 0 saturated carbocycles. The number of unbranched alkanes of at least 4 members (excludes halogenated alkanes) is 1. The van der Waals surface area contributed by atoms with E-state index in [-0.39, 0.29) is 5.91 Å². The van der Waals surface area contributed by atoms with Crippen LogP contribution < -0.4 is 5.32 Å². The molecule has 1 N–H and O–H groups in total. The van der Waals surface area contributed by atoms with Crippen LogP contribution in [0.1, 0.15) is 36.5 Å². The van der Waals surface area contributed by atoms with E-state index < -0.39 is 0 Å². The summed E-state index contributed by atoms with van der Waals surface area (Å²) in [5.74, 6) is -0.108. The molecule has 0 fully saturated rings. The van der Waals surface area contributed by atoms with E-state index in [2.05, 4.69) is 27.8 Å². The topological polar surface area (TPSA) is 81.9 Å². The molecule has 7 nitrogen and oxygen atoms in total. The van der Waals surface area contributed by atoms with Gasteiger partial charge >= 0.3 is 0 Å². The zero-order valence-corrected chi connectivity index (χ0v) is 12.7. The summed E-state index contributed by atoms with van der Waals surface area (Å²) in [6, 6.07) is 7.17. The first-order valence-corrected chi connectivity index (χ1v) is 7.50. The van der Waals surface area contributed by atoms with E-state index in [1.165, 1.54) is 11.0 Å². The lowest BCUT2D eigenvalue weighted by Crippen LogP contribution is -2.25. The Morgan fingerprint density at radius 1 is 1.32 bits per heavy atom. The van der Waals surface area contributed by atoms with E-state index in [9.17, 15) is 4.79 Å². The molecule has 118 valence electrons. The molecule has 0 radical (unpaired) electrons. The lowest BCUT2D eigenvalue weighted by atomic mass is 10.2. The lowest BCUT2D eigenvalue weighted by Gasteiger charge is -2.07. The van der Waals surface area contributed by atoms with Gasteiger partial charge in [0.15, 0.2) is 0 Å². The van der Waals surface area contributed by atoms with Crippen LogP contribution in [0.25, 0.3) is 5.69 Å². The number of nitrogens with one attached hydrogen (secondary N) is 1. The first-order chi connectivity index (χ1) is 10.8. The first-order valence-electron chi connectivity index (χ1n) is 7.50. The molecular formula is C15H21N5O2. The molecule has 1 heterocycles. The highest BCUT2D eigenvalue weighted by molar-refractivity contribution is 5.94. The average molecular weight is 303 g/mol. The van der Waals surface area contributed by atoms with Crippen molar-refractivity contribution in [2.45, 2.75) is 26.2 Å². The van der Waals surface area contributed by atoms with Crippen molar-refractivity contribution >= 4 is 5.91 Å². The average Bonchev–Trinajstić information content (AvgIpc) is 3.08. The number of tetrazole rings is 1. The Morgan fingerprint density at radius 2 is 2.18 bits per heavy atom. The van der Waals surface area contributed by atoms with Crippen molar-refractivity contribution < 1.29 is 9.53 Å². The van der Waals surface area contributed by atoms with Gasteiger partial charge in [0.2, 0.25) is 0 Å². The molecule has 1 aromatic heterocycles. The number of amides is 1. The van der Waals surface area contributed by atoms with Gasteiger partial charge in [0, 0.05) is 25.3 Å². The second kappa shape index (κ2) is 8.89. The molecule has 0 saturated heterocycles. The Hall–Kier alpha value is -2.28. The van der Waals surface area contributed by atoms with Crippen molar-refractivity contribution in [1.29, 1.82) is 0 Å². The Morgan fingerprint density at radius 3 is 2.95 bits per heavy atom. The van der Waals surface area contributed by atoms with Crippen molar-refractivity contribution in [2.24, 2.45) is 0 Å². The highest BCUT2D eigenvalue weighted by Crippen LogP contribution is 2.08. The molecule has 2 rings (SSSR count). The fourth-order valence-electron chi connectivity index (χ4n) is 1.90. The van der Waals surface area contributed by atoms with E-state index in [0.717, 1.165) is 31.6 Å². The number of hydrogen-bond donors (Lipinski definition) is 1. The molecule has 22 heavy (non-hydrogen) atoms. The summed E-state index contributed by atoms with van der Waals surface area (Å²) in [6.45, 7) is 4.19. The van der Waals surface area contributed by atoms with Gasteiger partial charge in [-0.15, -0.1) is 5.10 Å². The Balaban J connectivity index is 1.77. The lowest BCUT2D eigenvalue weighted by molar-refractivity contribution is 0.0940. The Bertz CT molecular complexity index is 571. The van der Waals surface area contributed by atoms with Crippen molar-refractivity contribution in [3.05, 3.63) is 36.2 Å². The standard InChI is InChI=1S/C15H21N5O2/c1-2-3-9-22-10-5-8-16-15(21)13-6-4-7-14(11-13)20-12-17-18-19-20/h4,6-7,11-12H,2-3,5,8-10H2,1H3,(H,16,21). The molecule has 0 aliphatic carbocycles. The number of ether oxygens (including phenoxy) is 1. The van der Waals surface area contributed by atoms with E-state index >= 15 is 0 Å². The van der Waals surface area contributed by atoms with Crippen LogP contribution in [-0.2, 0) is 4.74 Å². The highest BCUT2D eigenvalue weighted by Gasteiger charge is 2.07. The minimum Gasteiger partial charge on any atom is -0.381 e. The van der Waals surface area contributed by atoms with Crippen molar-refractivity contribution in [2.75, 3.05) is 19.8 Å². The maximum absolute atomic E-state index is 12.1. The fraction of sp³-hybridized carbons (Fsp3) is 0.467. The molecule has 0 atom stereocenters. The van der Waals surface area contributed by atoms with Crippen LogP contribution in [0.4, 0.5) is 0 Å². The number of aromatic nitrogens is 4. The second-order valence-corrected chi connectivity index (χ2v) is 4.88. The van der Waals surface area contributed by atoms with E-state index in [0.29, 0.717) is 18.7 Å². The number of carbonyl (C=O) groups is 1. The van der Waals surface area contributed by atoms with Gasteiger partial charge in [-0.05, 0) is 41.5 Å². The summed E-state index contributed by atoms with van der Waals surface area (Å²) in [5.41, 5.74) is 1.33. The van der Waals surface area contributed by atoms with Gasteiger partial charge in [0.05, 0.1) is 5.69 Å². The normalized spacial score (nSPS) is 10.6. The molecule has 7 heteroatoms. The summed E-state index contributed by atoms with van der Waals surface area (Å²) in [4.78, 5) is 12.1. The third-order valence-corrected chi connectivity index (χ3v) is 3.12. The predicted molar refractivity (Wildman–Crippen MR) is 81.8 cm³/mol. The number of hydrogen-bond acceptors (Lipinski definition) is 5. The molecule has 0 aliphatic heterocycles. The Kier molecular flexibility index (Phi) is 6.50. The number of carbonyl (C=O) groups excluding carboxylic acids is 1. The first kappa shape index (κ1) is 16.1. The highest BCUT2D eigenvalue weighted by atomic mass is 16.5. The van der Waals surface area contributed by atoms with Crippen LogP contribution in [0.2, 0.25) is 0 Å². The summed E-state index contributed by atoms with van der Waals surface area (Å²) in [6.07, 6.45) is 4.51. The zero-order valence-electron chi connectivity index (χ0n) is 12.7. The third-order valence-electron chi connectivity index (χ3n) is 3.12. The summed E-state index contributed by atoms with van der Waals surface area (Å²) in [7, 11) is 0. The molecular weight excluding hydrogens is 282 g/mol. The quantitative estimate of drug-likeness (QED) is 0.712. The van der Waals surface area contributed by atoms with Crippen molar-refractivity contribution in [1.82, 2.24) is 25.5 Å². The van der Waals surface area contributed by atoms with Crippen LogP contribution in [0, 0.1) is 0 Å². The van der Waals surface area contributed by atoms with Crippen molar-refractivity contribution in [3.63, 3.8) is 0 Å². The number of rotatable bonds is 9. The van der Waals surface area contributed by atoms with E-state index in [1.807, 2.05) is 6.07 Å². The maximum atomic E-state index is 12.1. The summed E-state index contributed by atoms with van der Waals surface area (Å²) in [5, 5.41) is 13.9. The molecule has 0 spiro atoms. The molecule has 1 aromatic carbocycles. The van der Waals surface area contributed by atoms with Gasteiger partial charge in [-0.25, -0.2) is 4.68 Å². The third kappa shape index (κ3) is 4.92. The predicted octanol–water partition coefficient (Wildman–Crippen LogP) is 1.60. The number of nitrogens with zero attached hydrogens (tertiary/aromatic N) is 4. The van der Waals surface area contributed by atoms with E-state index in [1.54, 1.807) is 18.2 Å². The largest absolute Gasteiger partial charge is 0.381 e. The van der Waals surface area contributed by atoms with Crippen LogP contribution in [0.3, 0.4) is 0 Å². The summed E-state index contributed by atoms with van der Waals surface area (Å²) < 4.78 is 6.97. The van der Waals surface area contributed by atoms with Crippen LogP contribution in [-0.4, -0.2) is 45.9 Å². The fourth-order valence-corrected chi connectivity index (χ4v) is 1.90.